The van der Waals surface area contributed by atoms with E-state index in [1.54, 1.807) is 36.4 Å². The summed E-state index contributed by atoms with van der Waals surface area (Å²) in [7, 11) is 0. The Morgan fingerprint density at radius 2 is 1.88 bits per heavy atom. The van der Waals surface area contributed by atoms with E-state index in [0.29, 0.717) is 26.4 Å². The van der Waals surface area contributed by atoms with Gasteiger partial charge in [0.1, 0.15) is 0 Å². The molecule has 3 rings (SSSR count). The third kappa shape index (κ3) is 4.11. The Balaban J connectivity index is 1.75. The normalized spacial score (nSPS) is 17.0. The first kappa shape index (κ1) is 18.5. The summed E-state index contributed by atoms with van der Waals surface area (Å²) in [6, 6.07) is 10.1. The van der Waals surface area contributed by atoms with E-state index in [1.165, 1.54) is 4.90 Å². The van der Waals surface area contributed by atoms with Gasteiger partial charge in [-0.3, -0.25) is 9.59 Å². The summed E-state index contributed by atoms with van der Waals surface area (Å²) in [4.78, 5) is 26.3. The Hall–Kier alpha value is -1.27. The van der Waals surface area contributed by atoms with Gasteiger partial charge in [-0.05, 0) is 36.4 Å². The molecule has 1 atom stereocenters. The second-order valence-electron chi connectivity index (χ2n) is 5.61. The first-order chi connectivity index (χ1) is 11.8. The highest BCUT2D eigenvalue weighted by Gasteiger charge is 2.36. The number of halogens is 4. The molecule has 0 radical (unpaired) electrons. The van der Waals surface area contributed by atoms with Gasteiger partial charge in [0.2, 0.25) is 11.8 Å². The summed E-state index contributed by atoms with van der Waals surface area (Å²) in [5, 5.41) is 4.07. The SMILES string of the molecule is O=C(Nc1ccc(Br)cc1Cl)[C@@H]1CC(=O)N(c2cc(Cl)ccc2Cl)C1. The quantitative estimate of drug-likeness (QED) is 0.664. The largest absolute Gasteiger partial charge is 0.324 e. The van der Waals surface area contributed by atoms with E-state index in [-0.39, 0.29) is 24.8 Å². The van der Waals surface area contributed by atoms with Crippen LogP contribution in [0.4, 0.5) is 11.4 Å². The van der Waals surface area contributed by atoms with Gasteiger partial charge in [0.25, 0.3) is 0 Å². The van der Waals surface area contributed by atoms with Crippen LogP contribution in [0, 0.1) is 5.92 Å². The number of hydrogen-bond acceptors (Lipinski definition) is 2. The van der Waals surface area contributed by atoms with Crippen LogP contribution >= 0.6 is 50.7 Å². The van der Waals surface area contributed by atoms with Gasteiger partial charge in [-0.2, -0.15) is 0 Å². The lowest BCUT2D eigenvalue weighted by molar-refractivity contribution is -0.122. The molecule has 4 nitrogen and oxygen atoms in total. The number of carbonyl (C=O) groups excluding carboxylic acids is 2. The van der Waals surface area contributed by atoms with Gasteiger partial charge in [0, 0.05) is 22.5 Å². The lowest BCUT2D eigenvalue weighted by Gasteiger charge is -2.18. The molecule has 130 valence electrons. The highest BCUT2D eigenvalue weighted by atomic mass is 79.9. The van der Waals surface area contributed by atoms with Gasteiger partial charge in [-0.15, -0.1) is 0 Å². The first-order valence-corrected chi connectivity index (χ1v) is 9.29. The van der Waals surface area contributed by atoms with E-state index in [4.69, 9.17) is 34.8 Å². The van der Waals surface area contributed by atoms with Crippen LogP contribution in [0.15, 0.2) is 40.9 Å². The van der Waals surface area contributed by atoms with Crippen LogP contribution < -0.4 is 10.2 Å². The molecule has 0 unspecified atom stereocenters. The first-order valence-electron chi connectivity index (χ1n) is 7.36. The number of amides is 2. The van der Waals surface area contributed by atoms with Crippen molar-refractivity contribution in [3.05, 3.63) is 55.9 Å². The van der Waals surface area contributed by atoms with Crippen LogP contribution in [0.3, 0.4) is 0 Å². The van der Waals surface area contributed by atoms with Crippen LogP contribution in [-0.4, -0.2) is 18.4 Å². The fourth-order valence-electron chi connectivity index (χ4n) is 2.63. The van der Waals surface area contributed by atoms with Gasteiger partial charge < -0.3 is 10.2 Å². The molecule has 1 aliphatic rings. The second kappa shape index (κ2) is 7.54. The van der Waals surface area contributed by atoms with E-state index in [1.807, 2.05) is 0 Å². The number of nitrogens with one attached hydrogen (secondary N) is 1. The molecule has 1 saturated heterocycles. The number of rotatable bonds is 3. The molecule has 1 heterocycles. The number of anilines is 2. The van der Waals surface area contributed by atoms with Gasteiger partial charge in [0.05, 0.1) is 27.3 Å². The van der Waals surface area contributed by atoms with Crippen LogP contribution in [0.1, 0.15) is 6.42 Å². The molecule has 2 aromatic rings. The van der Waals surface area contributed by atoms with Crippen molar-refractivity contribution in [3.8, 4) is 0 Å². The van der Waals surface area contributed by atoms with Crippen molar-refractivity contribution >= 4 is 73.9 Å². The van der Waals surface area contributed by atoms with Gasteiger partial charge in [0.15, 0.2) is 0 Å². The Kier molecular flexibility index (Phi) is 5.58. The third-order valence-electron chi connectivity index (χ3n) is 3.88. The minimum atomic E-state index is -0.498. The molecule has 2 aromatic carbocycles. The van der Waals surface area contributed by atoms with Crippen molar-refractivity contribution in [3.63, 3.8) is 0 Å². The lowest BCUT2D eigenvalue weighted by Crippen LogP contribution is -2.28. The molecule has 0 bridgehead atoms. The average molecular weight is 463 g/mol. The van der Waals surface area contributed by atoms with Crippen molar-refractivity contribution in [1.29, 1.82) is 0 Å². The summed E-state index contributed by atoms with van der Waals surface area (Å²) in [6.07, 6.45) is 0.100. The van der Waals surface area contributed by atoms with Gasteiger partial charge in [-0.1, -0.05) is 50.7 Å². The molecule has 0 saturated carbocycles. The molecule has 8 heteroatoms. The molecular weight excluding hydrogens is 450 g/mol. The van der Waals surface area contributed by atoms with Crippen molar-refractivity contribution in [2.24, 2.45) is 5.92 Å². The molecule has 1 fully saturated rings. The fraction of sp³-hybridized carbons (Fsp3) is 0.176. The molecule has 1 aliphatic heterocycles. The zero-order valence-electron chi connectivity index (χ0n) is 12.7. The summed E-state index contributed by atoms with van der Waals surface area (Å²) >= 11 is 21.6. The minimum Gasteiger partial charge on any atom is -0.324 e. The maximum atomic E-state index is 12.5. The van der Waals surface area contributed by atoms with E-state index in [9.17, 15) is 9.59 Å². The van der Waals surface area contributed by atoms with Gasteiger partial charge in [-0.25, -0.2) is 0 Å². The number of benzene rings is 2. The third-order valence-corrected chi connectivity index (χ3v) is 5.24. The molecule has 2 amide bonds. The van der Waals surface area contributed by atoms with Crippen LogP contribution in [0.5, 0.6) is 0 Å². The molecule has 0 spiro atoms. The average Bonchev–Trinajstić information content (AvgIpc) is 2.94. The smallest absolute Gasteiger partial charge is 0.229 e. The Labute approximate surface area is 168 Å². The Morgan fingerprint density at radius 3 is 2.60 bits per heavy atom. The van der Waals surface area contributed by atoms with E-state index in [0.717, 1.165) is 4.47 Å². The standard InChI is InChI=1S/C17H12BrCl3N2O2/c18-10-1-4-14(13(21)6-10)22-17(25)9-5-16(24)23(8-9)15-7-11(19)2-3-12(15)20/h1-4,6-7,9H,5,8H2,(H,22,25)/t9-/m1/s1. The monoisotopic (exact) mass is 460 g/mol. The summed E-state index contributed by atoms with van der Waals surface area (Å²) in [5.41, 5.74) is 1.01. The Morgan fingerprint density at radius 1 is 1.12 bits per heavy atom. The van der Waals surface area contributed by atoms with Crippen LogP contribution in [0.2, 0.25) is 15.1 Å². The highest BCUT2D eigenvalue weighted by molar-refractivity contribution is 9.10. The maximum absolute atomic E-state index is 12.5. The van der Waals surface area contributed by atoms with E-state index < -0.39 is 5.92 Å². The molecule has 1 N–H and O–H groups in total. The van der Waals surface area contributed by atoms with E-state index in [2.05, 4.69) is 21.2 Å². The zero-order chi connectivity index (χ0) is 18.1. The van der Waals surface area contributed by atoms with Crippen LogP contribution in [-0.2, 0) is 9.59 Å². The minimum absolute atomic E-state index is 0.100. The topological polar surface area (TPSA) is 49.4 Å². The zero-order valence-corrected chi connectivity index (χ0v) is 16.6. The second-order valence-corrected chi connectivity index (χ2v) is 7.78. The summed E-state index contributed by atoms with van der Waals surface area (Å²) < 4.78 is 0.813. The number of hydrogen-bond donors (Lipinski definition) is 1. The maximum Gasteiger partial charge on any atom is 0.229 e. The summed E-state index contributed by atoms with van der Waals surface area (Å²) in [6.45, 7) is 0.235. The molecule has 25 heavy (non-hydrogen) atoms. The highest BCUT2D eigenvalue weighted by Crippen LogP contribution is 2.34. The predicted molar refractivity (Wildman–Crippen MR) is 105 cm³/mol. The van der Waals surface area contributed by atoms with Gasteiger partial charge >= 0.3 is 0 Å². The molecular formula is C17H12BrCl3N2O2. The number of nitrogens with zero attached hydrogens (tertiary/aromatic N) is 1. The van der Waals surface area contributed by atoms with Crippen molar-refractivity contribution in [2.75, 3.05) is 16.8 Å². The van der Waals surface area contributed by atoms with E-state index >= 15 is 0 Å². The van der Waals surface area contributed by atoms with Crippen molar-refractivity contribution in [2.45, 2.75) is 6.42 Å². The fourth-order valence-corrected chi connectivity index (χ4v) is 3.74. The number of carbonyl (C=O) groups is 2. The lowest BCUT2D eigenvalue weighted by atomic mass is 10.1. The summed E-state index contributed by atoms with van der Waals surface area (Å²) in [5.74, 6) is -0.938. The molecule has 0 aliphatic carbocycles. The Bertz CT molecular complexity index is 860. The van der Waals surface area contributed by atoms with Crippen molar-refractivity contribution in [1.82, 2.24) is 0 Å². The van der Waals surface area contributed by atoms with Crippen molar-refractivity contribution < 1.29 is 9.59 Å². The predicted octanol–water partition coefficient (Wildman–Crippen LogP) is 5.40. The molecule has 0 aromatic heterocycles. The van der Waals surface area contributed by atoms with Crippen LogP contribution in [0.25, 0.3) is 0 Å².